The van der Waals surface area contributed by atoms with Crippen LogP contribution in [0.4, 0.5) is 10.8 Å². The van der Waals surface area contributed by atoms with E-state index in [1.807, 2.05) is 58.9 Å². The Labute approximate surface area is 145 Å². The molecule has 1 heterocycles. The zero-order chi connectivity index (χ0) is 17.0. The van der Waals surface area contributed by atoms with Gasteiger partial charge >= 0.3 is 0 Å². The number of nitrogens with one attached hydrogen (secondary N) is 2. The Morgan fingerprint density at radius 1 is 1.30 bits per heavy atom. The first-order valence-corrected chi connectivity index (χ1v) is 9.08. The second-order valence-corrected chi connectivity index (χ2v) is 8.93. The van der Waals surface area contributed by atoms with Gasteiger partial charge in [0.1, 0.15) is 0 Å². The summed E-state index contributed by atoms with van der Waals surface area (Å²) in [4.78, 5) is 12.1. The van der Waals surface area contributed by atoms with Crippen molar-refractivity contribution in [3.8, 4) is 0 Å². The summed E-state index contributed by atoms with van der Waals surface area (Å²) in [5, 5.41) is 15.0. The van der Waals surface area contributed by atoms with Crippen LogP contribution in [0.2, 0.25) is 0 Å². The lowest BCUT2D eigenvalue weighted by atomic mass is 10.1. The van der Waals surface area contributed by atoms with Crippen molar-refractivity contribution in [1.82, 2.24) is 15.5 Å². The summed E-state index contributed by atoms with van der Waals surface area (Å²) in [6.45, 7) is 9.83. The molecular weight excluding hydrogens is 328 g/mol. The van der Waals surface area contributed by atoms with Gasteiger partial charge in [-0.1, -0.05) is 35.2 Å². The highest BCUT2D eigenvalue weighted by Gasteiger charge is 2.21. The van der Waals surface area contributed by atoms with Crippen molar-refractivity contribution in [2.24, 2.45) is 0 Å². The van der Waals surface area contributed by atoms with Crippen molar-refractivity contribution in [2.75, 3.05) is 5.32 Å². The van der Waals surface area contributed by atoms with Crippen LogP contribution in [-0.2, 0) is 4.79 Å². The number of thioether (sulfide) groups is 1. The summed E-state index contributed by atoms with van der Waals surface area (Å²) in [6.07, 6.45) is 0. The van der Waals surface area contributed by atoms with Crippen LogP contribution < -0.4 is 10.6 Å². The fourth-order valence-corrected chi connectivity index (χ4v) is 3.75. The topological polar surface area (TPSA) is 66.9 Å². The van der Waals surface area contributed by atoms with Gasteiger partial charge < -0.3 is 10.6 Å². The monoisotopic (exact) mass is 350 g/mol. The molecule has 2 aromatic rings. The lowest BCUT2D eigenvalue weighted by molar-refractivity contribution is -0.121. The van der Waals surface area contributed by atoms with E-state index in [2.05, 4.69) is 20.8 Å². The van der Waals surface area contributed by atoms with Gasteiger partial charge in [0.05, 0.1) is 5.25 Å². The molecule has 7 heteroatoms. The SMILES string of the molecule is Cc1cccc(Nc2nnc(S[C@@H](C)C(=O)NC(C)(C)C)s2)c1. The third kappa shape index (κ3) is 5.84. The molecule has 2 N–H and O–H groups in total. The molecule has 0 aliphatic carbocycles. The standard InChI is InChI=1S/C16H22N4OS2/c1-10-7-6-8-12(9-10)17-14-19-20-15(23-14)22-11(2)13(21)18-16(3,4)5/h6-9,11H,1-5H3,(H,17,19)(H,18,21)/t11-/m0/s1. The number of hydrogen-bond acceptors (Lipinski definition) is 6. The highest BCUT2D eigenvalue weighted by atomic mass is 32.2. The van der Waals surface area contributed by atoms with E-state index in [4.69, 9.17) is 0 Å². The van der Waals surface area contributed by atoms with E-state index < -0.39 is 0 Å². The molecule has 0 unspecified atom stereocenters. The normalized spacial score (nSPS) is 12.7. The van der Waals surface area contributed by atoms with Gasteiger partial charge in [-0.3, -0.25) is 4.79 Å². The van der Waals surface area contributed by atoms with Crippen LogP contribution in [0.3, 0.4) is 0 Å². The van der Waals surface area contributed by atoms with E-state index in [1.165, 1.54) is 28.7 Å². The summed E-state index contributed by atoms with van der Waals surface area (Å²) in [5.74, 6) is 0.00546. The van der Waals surface area contributed by atoms with Crippen LogP contribution in [0.15, 0.2) is 28.6 Å². The van der Waals surface area contributed by atoms with E-state index in [1.54, 1.807) is 0 Å². The van der Waals surface area contributed by atoms with Gasteiger partial charge in [-0.15, -0.1) is 10.2 Å². The average Bonchev–Trinajstić information content (AvgIpc) is 2.84. The van der Waals surface area contributed by atoms with Crippen molar-refractivity contribution in [1.29, 1.82) is 0 Å². The van der Waals surface area contributed by atoms with Crippen molar-refractivity contribution < 1.29 is 4.79 Å². The van der Waals surface area contributed by atoms with E-state index >= 15 is 0 Å². The number of amides is 1. The molecule has 0 saturated heterocycles. The van der Waals surface area contributed by atoms with Gasteiger partial charge in [-0.25, -0.2) is 0 Å². The van der Waals surface area contributed by atoms with Crippen LogP contribution in [0.25, 0.3) is 0 Å². The van der Waals surface area contributed by atoms with Gasteiger partial charge in [0.25, 0.3) is 0 Å². The molecule has 2 rings (SSSR count). The van der Waals surface area contributed by atoms with Crippen LogP contribution >= 0.6 is 23.1 Å². The zero-order valence-corrected chi connectivity index (χ0v) is 15.6. The maximum atomic E-state index is 12.1. The van der Waals surface area contributed by atoms with E-state index in [0.29, 0.717) is 0 Å². The molecule has 0 aliphatic heterocycles. The molecule has 5 nitrogen and oxygen atoms in total. The molecule has 1 aromatic heterocycles. The Morgan fingerprint density at radius 3 is 2.70 bits per heavy atom. The third-order valence-electron chi connectivity index (χ3n) is 2.82. The first kappa shape index (κ1) is 17.7. The Balaban J connectivity index is 1.95. The second kappa shape index (κ2) is 7.31. The van der Waals surface area contributed by atoms with Crippen molar-refractivity contribution in [3.63, 3.8) is 0 Å². The third-order valence-corrected chi connectivity index (χ3v) is 4.84. The summed E-state index contributed by atoms with van der Waals surface area (Å²) >= 11 is 2.87. The van der Waals surface area contributed by atoms with Crippen LogP contribution in [-0.4, -0.2) is 26.9 Å². The number of carbonyl (C=O) groups is 1. The molecule has 0 spiro atoms. The zero-order valence-electron chi connectivity index (χ0n) is 14.0. The molecule has 1 amide bonds. The van der Waals surface area contributed by atoms with Crippen LogP contribution in [0.5, 0.6) is 0 Å². The average molecular weight is 351 g/mol. The molecule has 124 valence electrons. The number of nitrogens with zero attached hydrogens (tertiary/aromatic N) is 2. The van der Waals surface area contributed by atoms with Crippen LogP contribution in [0, 0.1) is 6.92 Å². The molecule has 1 atom stereocenters. The first-order valence-electron chi connectivity index (χ1n) is 7.39. The molecule has 0 saturated carbocycles. The molecule has 0 fully saturated rings. The maximum Gasteiger partial charge on any atom is 0.233 e. The summed E-state index contributed by atoms with van der Waals surface area (Å²) < 4.78 is 0.775. The fourth-order valence-electron chi connectivity index (χ4n) is 1.83. The Kier molecular flexibility index (Phi) is 5.64. The van der Waals surface area contributed by atoms with Crippen molar-refractivity contribution in [3.05, 3.63) is 29.8 Å². The summed E-state index contributed by atoms with van der Waals surface area (Å²) in [7, 11) is 0. The largest absolute Gasteiger partial charge is 0.351 e. The minimum absolute atomic E-state index is 0.00546. The summed E-state index contributed by atoms with van der Waals surface area (Å²) in [6, 6.07) is 8.07. The van der Waals surface area contributed by atoms with E-state index in [9.17, 15) is 4.79 Å². The predicted octanol–water partition coefficient (Wildman–Crippen LogP) is 3.99. The number of benzene rings is 1. The van der Waals surface area contributed by atoms with Gasteiger partial charge in [0.2, 0.25) is 11.0 Å². The Bertz CT molecular complexity index is 679. The summed E-state index contributed by atoms with van der Waals surface area (Å²) in [5.41, 5.74) is 1.93. The lowest BCUT2D eigenvalue weighted by Crippen LogP contribution is -2.44. The molecule has 0 radical (unpaired) electrons. The molecule has 1 aromatic carbocycles. The molecule has 23 heavy (non-hydrogen) atoms. The number of hydrogen-bond donors (Lipinski definition) is 2. The van der Waals surface area contributed by atoms with Gasteiger partial charge in [-0.05, 0) is 52.3 Å². The Morgan fingerprint density at radius 2 is 2.04 bits per heavy atom. The van der Waals surface area contributed by atoms with Gasteiger partial charge in [0, 0.05) is 11.2 Å². The number of aromatic nitrogens is 2. The minimum atomic E-state index is -0.231. The number of aryl methyl sites for hydroxylation is 1. The number of anilines is 2. The number of carbonyl (C=O) groups excluding carboxylic acids is 1. The van der Waals surface area contributed by atoms with Crippen molar-refractivity contribution >= 4 is 39.8 Å². The van der Waals surface area contributed by atoms with Gasteiger partial charge in [0.15, 0.2) is 4.34 Å². The smallest absolute Gasteiger partial charge is 0.233 e. The number of rotatable bonds is 5. The van der Waals surface area contributed by atoms with E-state index in [0.717, 1.165) is 15.2 Å². The highest BCUT2D eigenvalue weighted by molar-refractivity contribution is 8.02. The highest BCUT2D eigenvalue weighted by Crippen LogP contribution is 2.30. The minimum Gasteiger partial charge on any atom is -0.351 e. The first-order chi connectivity index (χ1) is 10.7. The molecular formula is C16H22N4OS2. The van der Waals surface area contributed by atoms with E-state index in [-0.39, 0.29) is 16.7 Å². The van der Waals surface area contributed by atoms with Crippen molar-refractivity contribution in [2.45, 2.75) is 49.7 Å². The Hall–Kier alpha value is -1.60. The lowest BCUT2D eigenvalue weighted by Gasteiger charge is -2.22. The van der Waals surface area contributed by atoms with Gasteiger partial charge in [-0.2, -0.15) is 0 Å². The predicted molar refractivity (Wildman–Crippen MR) is 97.6 cm³/mol. The molecule has 0 aliphatic rings. The second-order valence-electron chi connectivity index (χ2n) is 6.37. The quantitative estimate of drug-likeness (QED) is 0.798. The molecule has 0 bridgehead atoms. The maximum absolute atomic E-state index is 12.1. The van der Waals surface area contributed by atoms with Crippen LogP contribution in [0.1, 0.15) is 33.3 Å². The fraction of sp³-hybridized carbons (Fsp3) is 0.438.